The van der Waals surface area contributed by atoms with Crippen molar-refractivity contribution in [3.8, 4) is 11.5 Å². The molecule has 2 atom stereocenters. The monoisotopic (exact) mass is 702 g/mol. The van der Waals surface area contributed by atoms with E-state index in [1.807, 2.05) is 39.8 Å². The summed E-state index contributed by atoms with van der Waals surface area (Å²) in [6, 6.07) is 7.00. The van der Waals surface area contributed by atoms with Crippen molar-refractivity contribution in [3.63, 3.8) is 0 Å². The van der Waals surface area contributed by atoms with Gasteiger partial charge in [-0.15, -0.1) is 0 Å². The summed E-state index contributed by atoms with van der Waals surface area (Å²) >= 11 is 0. The molecular weight excluding hydrogens is 642 g/mol. The van der Waals surface area contributed by atoms with E-state index in [0.717, 1.165) is 74.3 Å². The average Bonchev–Trinajstić information content (AvgIpc) is 3.00. The van der Waals surface area contributed by atoms with E-state index in [0.29, 0.717) is 11.1 Å². The van der Waals surface area contributed by atoms with E-state index >= 15 is 0 Å². The van der Waals surface area contributed by atoms with Gasteiger partial charge in [0.05, 0.1) is 11.1 Å². The summed E-state index contributed by atoms with van der Waals surface area (Å²) in [5.74, 6) is -1.12. The van der Waals surface area contributed by atoms with Crippen LogP contribution in [0.25, 0.3) is 0 Å². The SMILES string of the molecule is CCC(C)c1cc(CCCCCCC(C)C)cc(C(=O)O)c1[O-].CCC(C)c1cc(CCCCCCC(C)C)cc(C(=O)O)c1[O-].[Zn+2]. The van der Waals surface area contributed by atoms with Crippen molar-refractivity contribution in [2.75, 3.05) is 0 Å². The summed E-state index contributed by atoms with van der Waals surface area (Å²) in [5.41, 5.74) is 3.14. The molecule has 2 rings (SSSR count). The number of aromatic carboxylic acids is 2. The van der Waals surface area contributed by atoms with Crippen molar-refractivity contribution in [1.82, 2.24) is 0 Å². The maximum atomic E-state index is 12.3. The minimum Gasteiger partial charge on any atom is -0.872 e. The zero-order valence-corrected chi connectivity index (χ0v) is 33.7. The van der Waals surface area contributed by atoms with Gasteiger partial charge in [0, 0.05) is 0 Å². The van der Waals surface area contributed by atoms with Gasteiger partial charge in [0.15, 0.2) is 0 Å². The molecule has 0 aromatic heterocycles. The van der Waals surface area contributed by atoms with Crippen LogP contribution in [0.4, 0.5) is 0 Å². The normalized spacial score (nSPS) is 12.3. The topological polar surface area (TPSA) is 121 Å². The second-order valence-corrected chi connectivity index (χ2v) is 14.0. The first-order valence-corrected chi connectivity index (χ1v) is 17.9. The van der Waals surface area contributed by atoms with Gasteiger partial charge in [0.25, 0.3) is 0 Å². The van der Waals surface area contributed by atoms with Crippen LogP contribution >= 0.6 is 0 Å². The van der Waals surface area contributed by atoms with Crippen LogP contribution in [0.1, 0.15) is 187 Å². The first-order chi connectivity index (χ1) is 21.7. The van der Waals surface area contributed by atoms with E-state index in [1.165, 1.54) is 38.5 Å². The Hall–Kier alpha value is -2.40. The predicted octanol–water partition coefficient (Wildman–Crippen LogP) is 10.2. The second kappa shape index (κ2) is 23.9. The van der Waals surface area contributed by atoms with Gasteiger partial charge < -0.3 is 20.4 Å². The van der Waals surface area contributed by atoms with E-state index in [2.05, 4.69) is 27.7 Å². The van der Waals surface area contributed by atoms with Crippen molar-refractivity contribution >= 4 is 11.9 Å². The number of carbonyl (C=O) groups is 2. The van der Waals surface area contributed by atoms with E-state index in [-0.39, 0.29) is 53.9 Å². The van der Waals surface area contributed by atoms with Gasteiger partial charge in [-0.05, 0) is 85.5 Å². The molecule has 6 nitrogen and oxygen atoms in total. The first-order valence-electron chi connectivity index (χ1n) is 17.9. The first kappa shape index (κ1) is 44.6. The Morgan fingerprint density at radius 1 is 0.574 bits per heavy atom. The zero-order chi connectivity index (χ0) is 34.8. The van der Waals surface area contributed by atoms with Crippen LogP contribution in [-0.4, -0.2) is 22.2 Å². The fourth-order valence-electron chi connectivity index (χ4n) is 5.68. The Kier molecular flexibility index (Phi) is 22.6. The third-order valence-electron chi connectivity index (χ3n) is 9.10. The summed E-state index contributed by atoms with van der Waals surface area (Å²) < 4.78 is 0. The molecule has 2 N–H and O–H groups in total. The number of benzene rings is 2. The maximum absolute atomic E-state index is 12.3. The minimum atomic E-state index is -1.11. The summed E-state index contributed by atoms with van der Waals surface area (Å²) in [7, 11) is 0. The number of hydrogen-bond acceptors (Lipinski definition) is 4. The standard InChI is InChI=1S/2C20H32O3.Zn/c2*1-5-15(4)17-12-16(13-18(19(17)21)20(22)23)11-9-7-6-8-10-14(2)3;/h2*12-15,21H,5-11H2,1-4H3,(H,22,23);/q;;+2/p-2. The molecule has 2 aromatic carbocycles. The molecule has 0 radical (unpaired) electrons. The number of rotatable bonds is 20. The number of aryl methyl sites for hydroxylation is 2. The molecular formula is C40H62O6Zn. The molecule has 2 unspecified atom stereocenters. The largest absolute Gasteiger partial charge is 2.00 e. The van der Waals surface area contributed by atoms with Crippen LogP contribution in [-0.2, 0) is 32.3 Å². The Morgan fingerprint density at radius 2 is 0.894 bits per heavy atom. The average molecular weight is 704 g/mol. The third kappa shape index (κ3) is 16.5. The van der Waals surface area contributed by atoms with E-state index in [4.69, 9.17) is 0 Å². The number of hydrogen-bond donors (Lipinski definition) is 2. The summed E-state index contributed by atoms with van der Waals surface area (Å²) in [6.07, 6.45) is 15.3. The van der Waals surface area contributed by atoms with Crippen LogP contribution in [0.15, 0.2) is 24.3 Å². The summed E-state index contributed by atoms with van der Waals surface area (Å²) in [4.78, 5) is 22.6. The van der Waals surface area contributed by atoms with Gasteiger partial charge >= 0.3 is 31.4 Å². The molecule has 47 heavy (non-hydrogen) atoms. The van der Waals surface area contributed by atoms with Crippen LogP contribution in [0.3, 0.4) is 0 Å². The van der Waals surface area contributed by atoms with Crippen LogP contribution < -0.4 is 10.2 Å². The van der Waals surface area contributed by atoms with E-state index in [1.54, 1.807) is 12.1 Å². The Bertz CT molecular complexity index is 1110. The molecule has 260 valence electrons. The predicted molar refractivity (Wildman–Crippen MR) is 186 cm³/mol. The molecule has 0 saturated heterocycles. The molecule has 2 aromatic rings. The molecule has 0 spiro atoms. The quantitative estimate of drug-likeness (QED) is 0.105. The summed E-state index contributed by atoms with van der Waals surface area (Å²) in [5, 5.41) is 43.0. The van der Waals surface area contributed by atoms with Crippen molar-refractivity contribution in [2.45, 2.75) is 157 Å². The number of unbranched alkanes of at least 4 members (excludes halogenated alkanes) is 6. The van der Waals surface area contributed by atoms with Gasteiger partial charge in [0.2, 0.25) is 0 Å². The molecule has 0 amide bonds. The van der Waals surface area contributed by atoms with Gasteiger partial charge in [-0.2, -0.15) is 0 Å². The fourth-order valence-corrected chi connectivity index (χ4v) is 5.68. The van der Waals surface area contributed by atoms with Gasteiger partial charge in [-0.1, -0.05) is 142 Å². The molecule has 0 aliphatic rings. The molecule has 0 bridgehead atoms. The molecule has 0 aliphatic heterocycles. The molecule has 0 aliphatic carbocycles. The second-order valence-electron chi connectivity index (χ2n) is 14.0. The minimum absolute atomic E-state index is 0. The van der Waals surface area contributed by atoms with Crippen molar-refractivity contribution in [1.29, 1.82) is 0 Å². The fraction of sp³-hybridized carbons (Fsp3) is 0.650. The van der Waals surface area contributed by atoms with Crippen molar-refractivity contribution in [3.05, 3.63) is 57.6 Å². The van der Waals surface area contributed by atoms with Crippen LogP contribution in [0.5, 0.6) is 11.5 Å². The Balaban J connectivity index is 0.000000882. The van der Waals surface area contributed by atoms with E-state index in [9.17, 15) is 30.0 Å². The molecule has 0 fully saturated rings. The van der Waals surface area contributed by atoms with E-state index < -0.39 is 11.9 Å². The summed E-state index contributed by atoms with van der Waals surface area (Å²) in [6.45, 7) is 17.0. The molecule has 7 heteroatoms. The van der Waals surface area contributed by atoms with Gasteiger partial charge in [0.1, 0.15) is 0 Å². The van der Waals surface area contributed by atoms with Crippen molar-refractivity contribution in [2.24, 2.45) is 11.8 Å². The van der Waals surface area contributed by atoms with Gasteiger partial charge in [-0.3, -0.25) is 0 Å². The van der Waals surface area contributed by atoms with Crippen LogP contribution in [0, 0.1) is 11.8 Å². The van der Waals surface area contributed by atoms with Gasteiger partial charge in [-0.25, -0.2) is 9.59 Å². The van der Waals surface area contributed by atoms with Crippen molar-refractivity contribution < 1.29 is 49.5 Å². The Labute approximate surface area is 298 Å². The zero-order valence-electron chi connectivity index (χ0n) is 30.8. The molecule has 0 saturated carbocycles. The maximum Gasteiger partial charge on any atom is 2.00 e. The number of carboxylic acids is 2. The third-order valence-corrected chi connectivity index (χ3v) is 9.10. The Morgan fingerprint density at radius 3 is 1.17 bits per heavy atom. The molecule has 0 heterocycles. The smallest absolute Gasteiger partial charge is 0.872 e. The number of carboxylic acid groups (broad SMARTS) is 2. The van der Waals surface area contributed by atoms with Crippen LogP contribution in [0.2, 0.25) is 0 Å².